The summed E-state index contributed by atoms with van der Waals surface area (Å²) in [6, 6.07) is 1.86. The molecular formula is C8H13N3O2. The molecule has 5 heteroatoms. The van der Waals surface area contributed by atoms with E-state index in [2.05, 4.69) is 9.97 Å². The molecule has 0 aliphatic carbocycles. The van der Waals surface area contributed by atoms with Crippen molar-refractivity contribution in [3.8, 4) is 0 Å². The second-order valence-electron chi connectivity index (χ2n) is 2.53. The van der Waals surface area contributed by atoms with E-state index in [0.717, 1.165) is 10.6 Å². The zero-order valence-electron chi connectivity index (χ0n) is 7.93. The maximum absolute atomic E-state index is 9.62. The molecule has 0 radical (unpaired) electrons. The monoisotopic (exact) mass is 183 g/mol. The van der Waals surface area contributed by atoms with Crippen LogP contribution in [0, 0.1) is 6.92 Å². The Morgan fingerprint density at radius 3 is 2.23 bits per heavy atom. The largest absolute Gasteiger partial charge is 0.465 e. The minimum absolute atomic E-state index is 0.907. The lowest BCUT2D eigenvalue weighted by molar-refractivity contribution is 0.165. The van der Waals surface area contributed by atoms with Gasteiger partial charge in [-0.05, 0) is 13.0 Å². The van der Waals surface area contributed by atoms with Crippen molar-refractivity contribution in [2.45, 2.75) is 6.92 Å². The van der Waals surface area contributed by atoms with Crippen LogP contribution in [0.1, 0.15) is 5.69 Å². The molecule has 1 heterocycles. The molecule has 1 N–H and O–H groups in total. The number of carbonyl (C=O) groups is 1. The molecule has 0 bridgehead atoms. The Morgan fingerprint density at radius 1 is 1.54 bits per heavy atom. The van der Waals surface area contributed by atoms with E-state index in [0.29, 0.717) is 0 Å². The molecule has 0 spiro atoms. The van der Waals surface area contributed by atoms with Crippen LogP contribution in [0.15, 0.2) is 18.6 Å². The molecule has 0 aliphatic rings. The SMILES string of the molecule is CN(C)C(=O)O.Cc1ccncn1. The smallest absolute Gasteiger partial charge is 0.406 e. The molecule has 0 aliphatic heterocycles. The van der Waals surface area contributed by atoms with Gasteiger partial charge in [0.1, 0.15) is 6.33 Å². The fourth-order valence-corrected chi connectivity index (χ4v) is 0.357. The molecule has 1 aromatic heterocycles. The molecule has 0 saturated carbocycles. The summed E-state index contributed by atoms with van der Waals surface area (Å²) in [5, 5.41) is 7.92. The van der Waals surface area contributed by atoms with Crippen LogP contribution in [0.25, 0.3) is 0 Å². The molecule has 0 unspecified atom stereocenters. The lowest BCUT2D eigenvalue weighted by Gasteiger charge is -1.99. The molecule has 0 aromatic carbocycles. The molecule has 0 fully saturated rings. The predicted octanol–water partition coefficient (Wildman–Crippen LogP) is 1.01. The second-order valence-corrected chi connectivity index (χ2v) is 2.53. The van der Waals surface area contributed by atoms with Crippen molar-refractivity contribution in [2.75, 3.05) is 14.1 Å². The van der Waals surface area contributed by atoms with Crippen LogP contribution in [-0.4, -0.2) is 40.2 Å². The first-order valence-corrected chi connectivity index (χ1v) is 3.67. The number of hydrogen-bond acceptors (Lipinski definition) is 3. The van der Waals surface area contributed by atoms with E-state index in [9.17, 15) is 4.79 Å². The van der Waals surface area contributed by atoms with Gasteiger partial charge < -0.3 is 10.0 Å². The van der Waals surface area contributed by atoms with Crippen LogP contribution in [0.5, 0.6) is 0 Å². The molecular weight excluding hydrogens is 170 g/mol. The first-order valence-electron chi connectivity index (χ1n) is 3.67. The summed E-state index contributed by atoms with van der Waals surface area (Å²) in [5.74, 6) is 0. The lowest BCUT2D eigenvalue weighted by Crippen LogP contribution is -2.18. The van der Waals surface area contributed by atoms with Gasteiger partial charge in [0, 0.05) is 26.0 Å². The summed E-state index contributed by atoms with van der Waals surface area (Å²) >= 11 is 0. The van der Waals surface area contributed by atoms with E-state index < -0.39 is 6.09 Å². The Balaban J connectivity index is 0.000000226. The van der Waals surface area contributed by atoms with Crippen molar-refractivity contribution >= 4 is 6.09 Å². The first kappa shape index (κ1) is 11.4. The number of aromatic nitrogens is 2. The van der Waals surface area contributed by atoms with Gasteiger partial charge in [-0.3, -0.25) is 0 Å². The van der Waals surface area contributed by atoms with Gasteiger partial charge in [0.05, 0.1) is 0 Å². The number of hydrogen-bond donors (Lipinski definition) is 1. The fraction of sp³-hybridized carbons (Fsp3) is 0.375. The van der Waals surface area contributed by atoms with E-state index in [4.69, 9.17) is 5.11 Å². The van der Waals surface area contributed by atoms with Crippen molar-refractivity contribution < 1.29 is 9.90 Å². The van der Waals surface area contributed by atoms with Crippen LogP contribution in [0.3, 0.4) is 0 Å². The van der Waals surface area contributed by atoms with Crippen molar-refractivity contribution in [1.29, 1.82) is 0 Å². The summed E-state index contributed by atoms with van der Waals surface area (Å²) in [7, 11) is 2.95. The normalized spacial score (nSPS) is 8.23. The highest BCUT2D eigenvalue weighted by Crippen LogP contribution is 1.82. The number of rotatable bonds is 0. The zero-order chi connectivity index (χ0) is 10.3. The van der Waals surface area contributed by atoms with Gasteiger partial charge in [0.2, 0.25) is 0 Å². The third kappa shape index (κ3) is 6.74. The van der Waals surface area contributed by atoms with Crippen LogP contribution in [-0.2, 0) is 0 Å². The van der Waals surface area contributed by atoms with E-state index in [1.165, 1.54) is 20.4 Å². The average molecular weight is 183 g/mol. The number of nitrogens with zero attached hydrogens (tertiary/aromatic N) is 3. The van der Waals surface area contributed by atoms with Crippen molar-refractivity contribution in [1.82, 2.24) is 14.9 Å². The van der Waals surface area contributed by atoms with E-state index in [1.807, 2.05) is 13.0 Å². The molecule has 0 atom stereocenters. The molecule has 1 amide bonds. The Kier molecular flexibility index (Phi) is 5.18. The van der Waals surface area contributed by atoms with E-state index >= 15 is 0 Å². The zero-order valence-corrected chi connectivity index (χ0v) is 7.93. The lowest BCUT2D eigenvalue weighted by atomic mass is 10.5. The summed E-state index contributed by atoms with van der Waals surface area (Å²) in [4.78, 5) is 18.3. The van der Waals surface area contributed by atoms with Crippen molar-refractivity contribution in [2.24, 2.45) is 0 Å². The molecule has 1 aromatic rings. The maximum Gasteiger partial charge on any atom is 0.406 e. The highest BCUT2D eigenvalue weighted by Gasteiger charge is 1.91. The quantitative estimate of drug-likeness (QED) is 0.651. The minimum atomic E-state index is -0.907. The van der Waals surface area contributed by atoms with Gasteiger partial charge >= 0.3 is 6.09 Å². The van der Waals surface area contributed by atoms with Gasteiger partial charge in [-0.2, -0.15) is 0 Å². The van der Waals surface area contributed by atoms with Crippen molar-refractivity contribution in [3.63, 3.8) is 0 Å². The Labute approximate surface area is 77.1 Å². The molecule has 13 heavy (non-hydrogen) atoms. The van der Waals surface area contributed by atoms with Gasteiger partial charge in [-0.1, -0.05) is 0 Å². The maximum atomic E-state index is 9.62. The van der Waals surface area contributed by atoms with E-state index in [1.54, 1.807) is 6.20 Å². The molecule has 0 saturated heterocycles. The topological polar surface area (TPSA) is 66.3 Å². The average Bonchev–Trinajstić information content (AvgIpc) is 2.06. The van der Waals surface area contributed by atoms with Gasteiger partial charge in [0.25, 0.3) is 0 Å². The molecule has 72 valence electrons. The van der Waals surface area contributed by atoms with Gasteiger partial charge in [-0.15, -0.1) is 0 Å². The summed E-state index contributed by atoms with van der Waals surface area (Å²) < 4.78 is 0. The molecule has 1 rings (SSSR count). The Bertz CT molecular complexity index is 249. The minimum Gasteiger partial charge on any atom is -0.465 e. The second kappa shape index (κ2) is 5.93. The molecule has 5 nitrogen and oxygen atoms in total. The third-order valence-electron chi connectivity index (χ3n) is 1.11. The predicted molar refractivity (Wildman–Crippen MR) is 48.5 cm³/mol. The number of carboxylic acid groups (broad SMARTS) is 1. The summed E-state index contributed by atoms with van der Waals surface area (Å²) in [6.07, 6.45) is 2.35. The highest BCUT2D eigenvalue weighted by atomic mass is 16.4. The third-order valence-corrected chi connectivity index (χ3v) is 1.11. The van der Waals surface area contributed by atoms with Gasteiger partial charge in [0.15, 0.2) is 0 Å². The standard InChI is InChI=1S/C5H6N2.C3H7NO2/c1-5-2-3-6-4-7-5;1-4(2)3(5)6/h2-4H,1H3;1-2H3,(H,5,6). The van der Waals surface area contributed by atoms with Crippen LogP contribution in [0.4, 0.5) is 4.79 Å². The highest BCUT2D eigenvalue weighted by molar-refractivity contribution is 5.63. The van der Waals surface area contributed by atoms with Crippen LogP contribution >= 0.6 is 0 Å². The number of amides is 1. The fourth-order valence-electron chi connectivity index (χ4n) is 0.357. The van der Waals surface area contributed by atoms with Crippen LogP contribution in [0.2, 0.25) is 0 Å². The van der Waals surface area contributed by atoms with Gasteiger partial charge in [-0.25, -0.2) is 14.8 Å². The number of aryl methyl sites for hydroxylation is 1. The first-order chi connectivity index (χ1) is 6.04. The van der Waals surface area contributed by atoms with Crippen molar-refractivity contribution in [3.05, 3.63) is 24.3 Å². The van der Waals surface area contributed by atoms with E-state index in [-0.39, 0.29) is 0 Å². The Hall–Kier alpha value is -1.65. The van der Waals surface area contributed by atoms with Crippen LogP contribution < -0.4 is 0 Å². The summed E-state index contributed by atoms with van der Waals surface area (Å²) in [5.41, 5.74) is 1.01. The Morgan fingerprint density at radius 2 is 2.08 bits per heavy atom. The summed E-state index contributed by atoms with van der Waals surface area (Å²) in [6.45, 7) is 1.93.